The van der Waals surface area contributed by atoms with Gasteiger partial charge in [0.1, 0.15) is 11.9 Å². The summed E-state index contributed by atoms with van der Waals surface area (Å²) in [6.07, 6.45) is -10.6. The molecule has 1 unspecified atom stereocenters. The Morgan fingerprint density at radius 3 is 2.06 bits per heavy atom. The van der Waals surface area contributed by atoms with Crippen LogP contribution in [0, 0.1) is 11.7 Å². The van der Waals surface area contributed by atoms with Crippen molar-refractivity contribution in [3.63, 3.8) is 0 Å². The molecule has 35 heavy (non-hydrogen) atoms. The molecule has 2 N–H and O–H groups in total. The molecule has 1 amide bonds. The van der Waals surface area contributed by atoms with Gasteiger partial charge >= 0.3 is 12.4 Å². The number of rotatable bonds is 5. The number of nitrogens with one attached hydrogen (secondary N) is 1. The van der Waals surface area contributed by atoms with Crippen LogP contribution in [0.2, 0.25) is 0 Å². The zero-order valence-corrected chi connectivity index (χ0v) is 18.2. The average Bonchev–Trinajstić information content (AvgIpc) is 3.34. The zero-order chi connectivity index (χ0) is 25.5. The van der Waals surface area contributed by atoms with Crippen LogP contribution < -0.4 is 5.32 Å². The van der Waals surface area contributed by atoms with Gasteiger partial charge in [-0.15, -0.1) is 0 Å². The van der Waals surface area contributed by atoms with Gasteiger partial charge in [-0.2, -0.15) is 26.3 Å². The van der Waals surface area contributed by atoms with Crippen LogP contribution in [0.15, 0.2) is 42.5 Å². The van der Waals surface area contributed by atoms with Gasteiger partial charge in [0.15, 0.2) is 0 Å². The molecule has 1 saturated carbocycles. The highest BCUT2D eigenvalue weighted by atomic mass is 19.4. The Hall–Kier alpha value is -2.66. The summed E-state index contributed by atoms with van der Waals surface area (Å²) in [5.41, 5.74) is -2.46. The summed E-state index contributed by atoms with van der Waals surface area (Å²) in [5, 5.41) is 12.6. The van der Waals surface area contributed by atoms with E-state index in [9.17, 15) is 40.6 Å². The van der Waals surface area contributed by atoms with Crippen LogP contribution in [0.5, 0.6) is 0 Å². The third-order valence-electron chi connectivity index (χ3n) is 6.64. The van der Waals surface area contributed by atoms with E-state index in [1.807, 2.05) is 0 Å². The van der Waals surface area contributed by atoms with Crippen molar-refractivity contribution in [1.29, 1.82) is 0 Å². The van der Waals surface area contributed by atoms with Crippen molar-refractivity contribution in [3.05, 3.63) is 70.5 Å². The lowest BCUT2D eigenvalue weighted by Crippen LogP contribution is -2.36. The van der Waals surface area contributed by atoms with E-state index in [1.54, 1.807) is 0 Å². The highest BCUT2D eigenvalue weighted by molar-refractivity contribution is 5.83. The number of aliphatic hydroxyl groups excluding tert-OH is 1. The van der Waals surface area contributed by atoms with Crippen LogP contribution in [0.1, 0.15) is 47.4 Å². The molecule has 1 aliphatic heterocycles. The molecule has 11 heteroatoms. The van der Waals surface area contributed by atoms with Gasteiger partial charge in [0.05, 0.1) is 23.8 Å². The van der Waals surface area contributed by atoms with E-state index in [2.05, 4.69) is 5.32 Å². The second-order valence-electron chi connectivity index (χ2n) is 8.95. The van der Waals surface area contributed by atoms with Gasteiger partial charge in [0, 0.05) is 18.4 Å². The number of halogens is 7. The summed E-state index contributed by atoms with van der Waals surface area (Å²) in [6, 6.07) is 6.47. The SMILES string of the molecule is O=C1N[C@@H]([C@@H]2CC[C@H](OCc3cc(C(F)(F)F)cc(C(F)(F)F)c3)[C@H]2c2ccc(F)cc2)CC1O. The molecule has 0 aromatic heterocycles. The fourth-order valence-corrected chi connectivity index (χ4v) is 5.05. The van der Waals surface area contributed by atoms with Crippen molar-refractivity contribution < 1.29 is 45.4 Å². The number of ether oxygens (including phenoxy) is 1. The van der Waals surface area contributed by atoms with Crippen molar-refractivity contribution >= 4 is 5.91 Å². The Morgan fingerprint density at radius 2 is 1.54 bits per heavy atom. The van der Waals surface area contributed by atoms with Gasteiger partial charge in [0.2, 0.25) is 5.91 Å². The number of benzene rings is 2. The standard InChI is InChI=1S/C24H22F7NO3/c25-16-3-1-13(2-4-16)21-17(18-10-19(33)22(34)32-18)5-6-20(21)35-11-12-7-14(23(26,27)28)9-15(8-12)24(29,30)31/h1-4,7-9,17-21,33H,5-6,10-11H2,(H,32,34)/t17-,18+,19?,20-,21-/m0/s1. The third-order valence-corrected chi connectivity index (χ3v) is 6.64. The molecule has 0 spiro atoms. The summed E-state index contributed by atoms with van der Waals surface area (Å²) < 4.78 is 98.5. The molecule has 1 aliphatic carbocycles. The number of alkyl halides is 6. The molecular weight excluding hydrogens is 483 g/mol. The van der Waals surface area contributed by atoms with Crippen LogP contribution >= 0.6 is 0 Å². The monoisotopic (exact) mass is 505 g/mol. The quantitative estimate of drug-likeness (QED) is 0.550. The summed E-state index contributed by atoms with van der Waals surface area (Å²) >= 11 is 0. The fraction of sp³-hybridized carbons (Fsp3) is 0.458. The van der Waals surface area contributed by atoms with Crippen LogP contribution in [0.4, 0.5) is 30.7 Å². The number of hydrogen-bond acceptors (Lipinski definition) is 3. The van der Waals surface area contributed by atoms with Gasteiger partial charge < -0.3 is 15.2 Å². The van der Waals surface area contributed by atoms with Gasteiger partial charge in [-0.1, -0.05) is 12.1 Å². The van der Waals surface area contributed by atoms with Crippen molar-refractivity contribution in [2.45, 2.75) is 62.4 Å². The maximum Gasteiger partial charge on any atom is 0.416 e. The lowest BCUT2D eigenvalue weighted by Gasteiger charge is -2.29. The minimum Gasteiger partial charge on any atom is -0.383 e. The van der Waals surface area contributed by atoms with Crippen LogP contribution in [0.25, 0.3) is 0 Å². The van der Waals surface area contributed by atoms with E-state index in [-0.39, 0.29) is 24.0 Å². The largest absolute Gasteiger partial charge is 0.416 e. The van der Waals surface area contributed by atoms with Crippen molar-refractivity contribution in [3.8, 4) is 0 Å². The Balaban J connectivity index is 1.59. The second kappa shape index (κ2) is 9.42. The Labute approximate surface area is 196 Å². The highest BCUT2D eigenvalue weighted by Crippen LogP contribution is 2.45. The third kappa shape index (κ3) is 5.61. The topological polar surface area (TPSA) is 58.6 Å². The van der Waals surface area contributed by atoms with Crippen LogP contribution in [0.3, 0.4) is 0 Å². The molecule has 4 nitrogen and oxygen atoms in total. The molecular formula is C24H22F7NO3. The lowest BCUT2D eigenvalue weighted by atomic mass is 9.82. The molecule has 2 fully saturated rings. The first kappa shape index (κ1) is 25.4. The molecule has 1 saturated heterocycles. The van der Waals surface area contributed by atoms with E-state index in [0.717, 1.165) is 0 Å². The summed E-state index contributed by atoms with van der Waals surface area (Å²) in [4.78, 5) is 11.8. The molecule has 190 valence electrons. The first-order valence-corrected chi connectivity index (χ1v) is 11.0. The van der Waals surface area contributed by atoms with E-state index < -0.39 is 66.0 Å². The Morgan fingerprint density at radius 1 is 0.943 bits per heavy atom. The molecule has 4 rings (SSSR count). The van der Waals surface area contributed by atoms with Crippen LogP contribution in [-0.2, 0) is 28.5 Å². The smallest absolute Gasteiger partial charge is 0.383 e. The number of carbonyl (C=O) groups excluding carboxylic acids is 1. The van der Waals surface area contributed by atoms with Crippen molar-refractivity contribution in [1.82, 2.24) is 5.32 Å². The van der Waals surface area contributed by atoms with E-state index >= 15 is 0 Å². The lowest BCUT2D eigenvalue weighted by molar-refractivity contribution is -0.143. The predicted molar refractivity (Wildman–Crippen MR) is 109 cm³/mol. The van der Waals surface area contributed by atoms with Crippen molar-refractivity contribution in [2.24, 2.45) is 5.92 Å². The van der Waals surface area contributed by atoms with Crippen molar-refractivity contribution in [2.75, 3.05) is 0 Å². The minimum atomic E-state index is -4.97. The summed E-state index contributed by atoms with van der Waals surface area (Å²) in [7, 11) is 0. The number of carbonyl (C=O) groups is 1. The van der Waals surface area contributed by atoms with E-state index in [4.69, 9.17) is 4.74 Å². The summed E-state index contributed by atoms with van der Waals surface area (Å²) in [6.45, 7) is -0.498. The van der Waals surface area contributed by atoms with E-state index in [1.165, 1.54) is 24.3 Å². The molecule has 1 heterocycles. The van der Waals surface area contributed by atoms with Gasteiger partial charge in [-0.3, -0.25) is 4.79 Å². The zero-order valence-electron chi connectivity index (χ0n) is 18.2. The second-order valence-corrected chi connectivity index (χ2v) is 8.95. The maximum absolute atomic E-state index is 13.5. The van der Waals surface area contributed by atoms with Gasteiger partial charge in [0.25, 0.3) is 0 Å². The molecule has 2 aromatic carbocycles. The van der Waals surface area contributed by atoms with Gasteiger partial charge in [-0.25, -0.2) is 4.39 Å². The fourth-order valence-electron chi connectivity index (χ4n) is 5.05. The molecule has 2 aliphatic rings. The first-order valence-electron chi connectivity index (χ1n) is 11.0. The molecule has 2 aromatic rings. The average molecular weight is 505 g/mol. The molecule has 5 atom stereocenters. The van der Waals surface area contributed by atoms with Gasteiger partial charge in [-0.05, 0) is 60.2 Å². The Kier molecular flexibility index (Phi) is 6.85. The molecule has 0 radical (unpaired) electrons. The van der Waals surface area contributed by atoms with Crippen LogP contribution in [-0.4, -0.2) is 29.3 Å². The normalized spacial score (nSPS) is 27.3. The first-order chi connectivity index (χ1) is 16.3. The number of hydrogen-bond donors (Lipinski definition) is 2. The minimum absolute atomic E-state index is 0.0600. The predicted octanol–water partition coefficient (Wildman–Crippen LogP) is 5.19. The maximum atomic E-state index is 13.5. The van der Waals surface area contributed by atoms with E-state index in [0.29, 0.717) is 30.5 Å². The molecule has 0 bridgehead atoms. The number of aliphatic hydroxyl groups is 1. The Bertz CT molecular complexity index is 1040. The summed E-state index contributed by atoms with van der Waals surface area (Å²) in [5.74, 6) is -1.63. The highest BCUT2D eigenvalue weighted by Gasteiger charge is 2.46. The number of amides is 1.